The van der Waals surface area contributed by atoms with Gasteiger partial charge in [-0.3, -0.25) is 4.68 Å². The van der Waals surface area contributed by atoms with Crippen LogP contribution in [0.1, 0.15) is 31.7 Å². The van der Waals surface area contributed by atoms with Gasteiger partial charge in [-0.05, 0) is 37.6 Å². The van der Waals surface area contributed by atoms with E-state index in [1.54, 1.807) is 10.9 Å². The van der Waals surface area contributed by atoms with Crippen LogP contribution in [0.4, 0.5) is 11.6 Å². The molecule has 0 saturated heterocycles. The Bertz CT molecular complexity index is 1180. The fraction of sp³-hybridized carbons (Fsp3) is 0.304. The van der Waals surface area contributed by atoms with Gasteiger partial charge in [0.1, 0.15) is 23.6 Å². The molecule has 0 aliphatic rings. The highest BCUT2D eigenvalue weighted by atomic mass is 35.5. The predicted octanol–water partition coefficient (Wildman–Crippen LogP) is 2.18. The molecule has 0 aliphatic heterocycles. The zero-order valence-electron chi connectivity index (χ0n) is 18.4. The molecule has 1 N–H and O–H groups in total. The van der Waals surface area contributed by atoms with Crippen molar-refractivity contribution in [3.8, 4) is 17.4 Å². The molecule has 0 fully saturated rings. The number of fused-ring (bicyclic) bond motifs is 1. The van der Waals surface area contributed by atoms with Crippen LogP contribution in [-0.2, 0) is 7.05 Å². The highest BCUT2D eigenvalue weighted by Gasteiger charge is 2.10. The minimum atomic E-state index is 0. The first-order chi connectivity index (χ1) is 15.1. The Morgan fingerprint density at radius 3 is 2.66 bits per heavy atom. The van der Waals surface area contributed by atoms with Gasteiger partial charge in [-0.1, -0.05) is 19.8 Å². The van der Waals surface area contributed by atoms with E-state index in [4.69, 9.17) is 9.47 Å². The normalized spacial score (nSPS) is 10.6. The van der Waals surface area contributed by atoms with Crippen molar-refractivity contribution in [2.75, 3.05) is 11.9 Å². The van der Waals surface area contributed by atoms with Crippen molar-refractivity contribution in [1.82, 2.24) is 24.7 Å². The molecule has 4 aromatic rings. The Morgan fingerprint density at radius 1 is 1.03 bits per heavy atom. The van der Waals surface area contributed by atoms with Crippen LogP contribution in [0.3, 0.4) is 0 Å². The number of hydrogen-bond donors (Lipinski definition) is 1. The molecule has 0 amide bonds. The molecule has 0 bridgehead atoms. The van der Waals surface area contributed by atoms with Gasteiger partial charge < -0.3 is 27.2 Å². The van der Waals surface area contributed by atoms with Crippen LogP contribution in [0, 0.1) is 6.92 Å². The second-order valence-electron chi connectivity index (χ2n) is 7.35. The van der Waals surface area contributed by atoms with Crippen molar-refractivity contribution < 1.29 is 21.9 Å². The van der Waals surface area contributed by atoms with Gasteiger partial charge in [-0.2, -0.15) is 5.10 Å². The first-order valence-corrected chi connectivity index (χ1v) is 10.4. The monoisotopic (exact) mass is 453 g/mol. The van der Waals surface area contributed by atoms with Crippen molar-refractivity contribution in [3.63, 3.8) is 0 Å². The highest BCUT2D eigenvalue weighted by Crippen LogP contribution is 2.30. The number of ether oxygens (including phenoxy) is 2. The summed E-state index contributed by atoms with van der Waals surface area (Å²) in [5.74, 6) is 3.32. The van der Waals surface area contributed by atoms with Crippen LogP contribution >= 0.6 is 0 Å². The first-order valence-electron chi connectivity index (χ1n) is 10.4. The SMILES string of the molecule is CCCCCOc1cnc(Oc2ccc3ncnc(Nc4ccn(C)n4)c3c2)c(C)c1.[Cl-]. The van der Waals surface area contributed by atoms with Crippen LogP contribution in [0.25, 0.3) is 10.9 Å². The Balaban J connectivity index is 0.00000289. The molecule has 9 heteroatoms. The van der Waals surface area contributed by atoms with Crippen molar-refractivity contribution in [3.05, 3.63) is 54.6 Å². The van der Waals surface area contributed by atoms with Gasteiger partial charge in [-0.25, -0.2) is 15.0 Å². The molecular formula is C23H26ClN6O2-. The average Bonchev–Trinajstić information content (AvgIpc) is 3.18. The number of aromatic nitrogens is 5. The molecule has 3 aromatic heterocycles. The number of nitrogens with one attached hydrogen (secondary N) is 1. The smallest absolute Gasteiger partial charge is 0.222 e. The maximum atomic E-state index is 6.05. The summed E-state index contributed by atoms with van der Waals surface area (Å²) in [5.41, 5.74) is 1.71. The van der Waals surface area contributed by atoms with E-state index in [-0.39, 0.29) is 12.4 Å². The largest absolute Gasteiger partial charge is 1.00 e. The Kier molecular flexibility index (Phi) is 7.83. The average molecular weight is 454 g/mol. The lowest BCUT2D eigenvalue weighted by Gasteiger charge is -2.11. The zero-order chi connectivity index (χ0) is 21.6. The van der Waals surface area contributed by atoms with Gasteiger partial charge in [0.05, 0.1) is 18.3 Å². The van der Waals surface area contributed by atoms with Gasteiger partial charge in [0, 0.05) is 30.3 Å². The Morgan fingerprint density at radius 2 is 1.91 bits per heavy atom. The summed E-state index contributed by atoms with van der Waals surface area (Å²) in [6.45, 7) is 4.83. The van der Waals surface area contributed by atoms with Gasteiger partial charge in [-0.15, -0.1) is 0 Å². The minimum Gasteiger partial charge on any atom is -1.00 e. The third kappa shape index (κ3) is 5.64. The number of pyridine rings is 1. The highest BCUT2D eigenvalue weighted by molar-refractivity contribution is 5.91. The quantitative estimate of drug-likeness (QED) is 0.388. The summed E-state index contributed by atoms with van der Waals surface area (Å²) in [6.07, 6.45) is 8.47. The van der Waals surface area contributed by atoms with E-state index < -0.39 is 0 Å². The number of halogens is 1. The summed E-state index contributed by atoms with van der Waals surface area (Å²) in [7, 11) is 1.87. The molecule has 3 heterocycles. The molecule has 4 rings (SSSR count). The number of hydrogen-bond acceptors (Lipinski definition) is 7. The molecular weight excluding hydrogens is 428 g/mol. The number of nitrogens with zero attached hydrogens (tertiary/aromatic N) is 5. The second-order valence-corrected chi connectivity index (χ2v) is 7.35. The van der Waals surface area contributed by atoms with E-state index in [2.05, 4.69) is 32.3 Å². The second kappa shape index (κ2) is 10.8. The number of unbranched alkanes of at least 4 members (excludes halogenated alkanes) is 2. The van der Waals surface area contributed by atoms with Crippen LogP contribution in [0.2, 0.25) is 0 Å². The van der Waals surface area contributed by atoms with Gasteiger partial charge in [0.25, 0.3) is 0 Å². The van der Waals surface area contributed by atoms with Crippen molar-refractivity contribution in [1.29, 1.82) is 0 Å². The first kappa shape index (κ1) is 23.3. The summed E-state index contributed by atoms with van der Waals surface area (Å²) in [6, 6.07) is 9.50. The maximum absolute atomic E-state index is 6.05. The number of benzene rings is 1. The molecule has 0 radical (unpaired) electrons. The van der Waals surface area contributed by atoms with Crippen molar-refractivity contribution in [2.24, 2.45) is 7.05 Å². The summed E-state index contributed by atoms with van der Waals surface area (Å²) in [4.78, 5) is 13.2. The van der Waals surface area contributed by atoms with Gasteiger partial charge in [0.15, 0.2) is 5.82 Å². The zero-order valence-corrected chi connectivity index (χ0v) is 19.1. The molecule has 32 heavy (non-hydrogen) atoms. The summed E-state index contributed by atoms with van der Waals surface area (Å²) >= 11 is 0. The van der Waals surface area contributed by atoms with E-state index in [1.165, 1.54) is 12.7 Å². The minimum absolute atomic E-state index is 0. The standard InChI is InChI=1S/C23H26N6O2.ClH/c1-4-5-6-11-30-18-12-16(2)23(24-14-18)31-17-7-8-20-19(13-17)22(26-15-25-20)27-21-9-10-29(3)28-21;/h7-10,12-15H,4-6,11H2,1-3H3,(H,25,26,27,28);1H/p-1. The Hall–Kier alpha value is -3.39. The molecule has 0 atom stereocenters. The molecule has 0 aliphatic carbocycles. The van der Waals surface area contributed by atoms with E-state index in [0.717, 1.165) is 35.1 Å². The third-order valence-corrected chi connectivity index (χ3v) is 4.80. The molecule has 1 aromatic carbocycles. The number of anilines is 2. The lowest BCUT2D eigenvalue weighted by molar-refractivity contribution is -0.00000772. The molecule has 0 saturated carbocycles. The number of rotatable bonds is 9. The molecule has 8 nitrogen and oxygen atoms in total. The van der Waals surface area contributed by atoms with Gasteiger partial charge in [0.2, 0.25) is 5.88 Å². The van der Waals surface area contributed by atoms with Crippen LogP contribution in [0.5, 0.6) is 17.4 Å². The van der Waals surface area contributed by atoms with Crippen LogP contribution < -0.4 is 27.2 Å². The Labute approximate surface area is 193 Å². The van der Waals surface area contributed by atoms with E-state index in [1.807, 2.05) is 50.5 Å². The van der Waals surface area contributed by atoms with E-state index in [9.17, 15) is 0 Å². The van der Waals surface area contributed by atoms with Crippen LogP contribution in [-0.4, -0.2) is 31.3 Å². The lowest BCUT2D eigenvalue weighted by atomic mass is 10.2. The fourth-order valence-electron chi connectivity index (χ4n) is 3.18. The summed E-state index contributed by atoms with van der Waals surface area (Å²) < 4.78 is 13.6. The fourth-order valence-corrected chi connectivity index (χ4v) is 3.18. The predicted molar refractivity (Wildman–Crippen MR) is 120 cm³/mol. The third-order valence-electron chi connectivity index (χ3n) is 4.80. The van der Waals surface area contributed by atoms with Gasteiger partial charge >= 0.3 is 0 Å². The van der Waals surface area contributed by atoms with Crippen molar-refractivity contribution >= 4 is 22.5 Å². The molecule has 0 spiro atoms. The van der Waals surface area contributed by atoms with Crippen molar-refractivity contribution in [2.45, 2.75) is 33.1 Å². The number of aryl methyl sites for hydroxylation is 2. The van der Waals surface area contributed by atoms with Crippen LogP contribution in [0.15, 0.2) is 49.1 Å². The maximum Gasteiger partial charge on any atom is 0.222 e. The summed E-state index contributed by atoms with van der Waals surface area (Å²) in [5, 5.41) is 8.41. The van der Waals surface area contributed by atoms with E-state index in [0.29, 0.717) is 29.9 Å². The molecule has 0 unspecified atom stereocenters. The molecule has 168 valence electrons. The topological polar surface area (TPSA) is 87.0 Å². The van der Waals surface area contributed by atoms with E-state index >= 15 is 0 Å². The lowest BCUT2D eigenvalue weighted by Crippen LogP contribution is -3.00.